The number of allylic oxidation sites excluding steroid dienone is 1. The number of benzene rings is 3. The monoisotopic (exact) mass is 1360 g/mol. The van der Waals surface area contributed by atoms with Crippen molar-refractivity contribution in [3.8, 4) is 5.75 Å². The van der Waals surface area contributed by atoms with Gasteiger partial charge >= 0.3 is 35.8 Å². The number of para-hydroxylation sites is 1. The molecule has 4 bridgehead atoms. The summed E-state index contributed by atoms with van der Waals surface area (Å²) in [5.74, 6) is -4.08. The van der Waals surface area contributed by atoms with Gasteiger partial charge in [-0.15, -0.1) is 0 Å². The van der Waals surface area contributed by atoms with Crippen LogP contribution < -0.4 is 9.64 Å². The second-order valence-corrected chi connectivity index (χ2v) is 30.4. The first-order chi connectivity index (χ1) is 47.0. The highest BCUT2D eigenvalue weighted by molar-refractivity contribution is 5.98. The van der Waals surface area contributed by atoms with Crippen LogP contribution in [0.2, 0.25) is 0 Å². The summed E-state index contributed by atoms with van der Waals surface area (Å²) in [5, 5.41) is 26.3. The summed E-state index contributed by atoms with van der Waals surface area (Å²) >= 11 is 0. The van der Waals surface area contributed by atoms with E-state index in [0.29, 0.717) is 130 Å². The summed E-state index contributed by atoms with van der Waals surface area (Å²) in [5.41, 5.74) is -1.28. The van der Waals surface area contributed by atoms with Crippen molar-refractivity contribution in [3.63, 3.8) is 0 Å². The minimum Gasteiger partial charge on any atom is -0.496 e. The molecule has 5 fully saturated rings. The van der Waals surface area contributed by atoms with Crippen molar-refractivity contribution >= 4 is 64.6 Å². The van der Waals surface area contributed by atoms with Crippen molar-refractivity contribution in [1.29, 1.82) is 0 Å². The highest BCUT2D eigenvalue weighted by Crippen LogP contribution is 2.69. The van der Waals surface area contributed by atoms with Gasteiger partial charge < -0.3 is 53.3 Å². The van der Waals surface area contributed by atoms with E-state index in [4.69, 9.17) is 33.2 Å². The number of aromatic amines is 1. The number of amides is 1. The summed E-state index contributed by atoms with van der Waals surface area (Å²) in [6.07, 6.45) is 6.00. The molecule has 16 atom stereocenters. The van der Waals surface area contributed by atoms with E-state index in [1.807, 2.05) is 94.4 Å². The van der Waals surface area contributed by atoms with Crippen LogP contribution in [0.15, 0.2) is 102 Å². The molecule has 1 amide bonds. The third-order valence-corrected chi connectivity index (χ3v) is 24.7. The van der Waals surface area contributed by atoms with Crippen molar-refractivity contribution in [3.05, 3.63) is 130 Å². The number of Topliss-reactive ketones (excluding diaryl/α,β-unsaturated/α-hetero) is 1. The fraction of sp³-hybridized carbons (Fsp3) is 0.564. The van der Waals surface area contributed by atoms with Crippen molar-refractivity contribution in [2.24, 2.45) is 34.0 Å². The zero-order valence-electron chi connectivity index (χ0n) is 59.2. The second-order valence-electron chi connectivity index (χ2n) is 30.4. The number of carbonyl (C=O) groups is 8. The summed E-state index contributed by atoms with van der Waals surface area (Å²) in [4.78, 5) is 117. The summed E-state index contributed by atoms with van der Waals surface area (Å²) in [7, 11) is 4.09. The SMILES string of the molecule is C=C1[C@@H](OC(=O)Cc2ccccc2)CC[C@@]2(C)C[C@H](OC(C)=O)C3=C(C)C(=O)C[C@@H]([C@@H](OC(C)=O)[C@H]12)C3(C)C.CC[C@]1(O)CC2CN(CCc3c([nH]c4ccccc34)[C@@](C(=O)OC)(c3cc4c(cc3OC)N(C=O)C3C45CCN4CC=C[C@@](CC)(C(OC(C)=O)[C@]3(O)C(=O)OC)[C@H]45)C2)C1. The van der Waals surface area contributed by atoms with Crippen LogP contribution in [-0.4, -0.2) is 175 Å². The summed E-state index contributed by atoms with van der Waals surface area (Å²) in [6, 6.07) is 19.4. The maximum atomic E-state index is 15.3. The molecule has 5 unspecified atom stereocenters. The molecule has 21 nitrogen and oxygen atoms in total. The number of esters is 6. The molecule has 3 N–H and O–H groups in total. The van der Waals surface area contributed by atoms with Crippen LogP contribution in [0.3, 0.4) is 0 Å². The molecule has 4 aliphatic carbocycles. The van der Waals surface area contributed by atoms with Crippen molar-refractivity contribution < 1.29 is 81.7 Å². The third kappa shape index (κ3) is 11.2. The number of methoxy groups -OCH3 is 3. The van der Waals surface area contributed by atoms with Crippen LogP contribution in [0.1, 0.15) is 148 Å². The number of rotatable bonds is 13. The molecule has 3 aromatic carbocycles. The minimum absolute atomic E-state index is 0.0421. The van der Waals surface area contributed by atoms with Gasteiger partial charge in [0.1, 0.15) is 29.5 Å². The highest BCUT2D eigenvalue weighted by atomic mass is 16.6. The Balaban J connectivity index is 0.000000207. The van der Waals surface area contributed by atoms with Crippen LogP contribution in [0, 0.1) is 34.0 Å². The number of aromatic nitrogens is 1. The Kier molecular flexibility index (Phi) is 18.8. The Bertz CT molecular complexity index is 4010. The van der Waals surface area contributed by atoms with Crippen LogP contribution in [0.5, 0.6) is 5.75 Å². The molecule has 2 saturated heterocycles. The van der Waals surface area contributed by atoms with Crippen LogP contribution in [0.4, 0.5) is 5.69 Å². The number of ketones is 1. The zero-order chi connectivity index (χ0) is 71.3. The molecule has 99 heavy (non-hydrogen) atoms. The van der Waals surface area contributed by atoms with Gasteiger partial charge in [-0.05, 0) is 134 Å². The fourth-order valence-corrected chi connectivity index (χ4v) is 20.8. The Hall–Kier alpha value is -7.98. The van der Waals surface area contributed by atoms with Gasteiger partial charge in [0.2, 0.25) is 12.0 Å². The highest BCUT2D eigenvalue weighted by Gasteiger charge is 2.81. The third-order valence-electron chi connectivity index (χ3n) is 24.7. The molecule has 4 aromatic rings. The molecule has 5 aliphatic heterocycles. The Morgan fingerprint density at radius 2 is 1.48 bits per heavy atom. The van der Waals surface area contributed by atoms with E-state index < -0.39 is 111 Å². The van der Waals surface area contributed by atoms with Gasteiger partial charge in [0, 0.05) is 110 Å². The first-order valence-corrected chi connectivity index (χ1v) is 35.0. The molecule has 0 radical (unpaired) electrons. The predicted molar refractivity (Wildman–Crippen MR) is 366 cm³/mol. The van der Waals surface area contributed by atoms with Gasteiger partial charge in [-0.3, -0.25) is 43.4 Å². The van der Waals surface area contributed by atoms with Crippen molar-refractivity contribution in [1.82, 2.24) is 14.8 Å². The van der Waals surface area contributed by atoms with Gasteiger partial charge in [-0.25, -0.2) is 4.79 Å². The first-order valence-electron chi connectivity index (χ1n) is 35.0. The van der Waals surface area contributed by atoms with E-state index in [0.717, 1.165) is 27.6 Å². The lowest BCUT2D eigenvalue weighted by atomic mass is 9.47. The molecule has 3 saturated carbocycles. The standard InChI is InChI=1S/C46H56N4O10.C32H40O7/c1-7-42(55)22-28-23-45(40(53)58-5,36-30(14-18-48(24-28)25-42)29-12-9-10-13-33(29)47-36)32-20-31-34(21-35(32)57-4)50(26-51)38-44(31)16-19-49-17-11-15-43(8-2,37(44)49)39(60-27(3)52)46(38,56)41(54)59-6;1-18-24(35)16-23-30(38-21(4)34)29-19(2)25(39-27(36)15-22-11-9-8-10-12-22)13-14-32(29,7)17-26(37-20(3)33)28(18)31(23,5)6/h9-13,15,20-21,26,28,37-39,47,55-56H,7-8,14,16-19,22-25H2,1-6H3;8-12,23,25-26,29-30H,2,13-17H2,1,3-7H3/t28?,37-,38?,39?,42-,43+,44?,45-,46-;23-,25-,26-,29-,30+,32-/m00/s1. The van der Waals surface area contributed by atoms with E-state index in [9.17, 15) is 43.8 Å². The van der Waals surface area contributed by atoms with Gasteiger partial charge in [0.15, 0.2) is 11.9 Å². The second kappa shape index (κ2) is 26.2. The number of hydrogen-bond acceptors (Lipinski definition) is 19. The molecule has 21 heteroatoms. The molecule has 9 aliphatic rings. The fourth-order valence-electron chi connectivity index (χ4n) is 20.8. The molecular formula is C78H96N4O17. The minimum atomic E-state index is -2.53. The van der Waals surface area contributed by atoms with Gasteiger partial charge in [-0.2, -0.15) is 0 Å². The zero-order valence-corrected chi connectivity index (χ0v) is 59.2. The quantitative estimate of drug-likeness (QED) is 0.0488. The number of aliphatic hydroxyl groups is 2. The average molecular weight is 1360 g/mol. The normalized spacial score (nSPS) is 34.7. The van der Waals surface area contributed by atoms with Crippen LogP contribution in [-0.2, 0) is 90.4 Å². The molecule has 1 aromatic heterocycles. The van der Waals surface area contributed by atoms with E-state index in [1.54, 1.807) is 13.0 Å². The van der Waals surface area contributed by atoms with Crippen molar-refractivity contribution in [2.45, 2.75) is 191 Å². The number of fused-ring (bicyclic) bond motifs is 9. The van der Waals surface area contributed by atoms with E-state index in [2.05, 4.69) is 34.4 Å². The van der Waals surface area contributed by atoms with Gasteiger partial charge in [-0.1, -0.05) is 102 Å². The number of hydrogen-bond donors (Lipinski definition) is 3. The molecule has 530 valence electrons. The number of carbonyl (C=O) groups excluding carboxylic acids is 8. The lowest BCUT2D eigenvalue weighted by Gasteiger charge is -2.63. The Labute approximate surface area is 578 Å². The summed E-state index contributed by atoms with van der Waals surface area (Å²) < 4.78 is 41.7. The Morgan fingerprint density at radius 1 is 0.788 bits per heavy atom. The number of anilines is 1. The van der Waals surface area contributed by atoms with Gasteiger partial charge in [0.05, 0.1) is 45.1 Å². The maximum Gasteiger partial charge on any atom is 0.344 e. The molecule has 13 rings (SSSR count). The molecule has 1 spiro atoms. The average Bonchev–Trinajstić information content (AvgIpc) is 1.50. The van der Waals surface area contributed by atoms with Crippen LogP contribution >= 0.6 is 0 Å². The number of piperidine rings is 1. The Morgan fingerprint density at radius 3 is 2.14 bits per heavy atom. The molecule has 6 heterocycles. The smallest absolute Gasteiger partial charge is 0.344 e. The topological polar surface area (TPSA) is 267 Å². The number of H-pyrrole nitrogens is 1. The van der Waals surface area contributed by atoms with Gasteiger partial charge in [0.25, 0.3) is 0 Å². The number of ether oxygens (including phenoxy) is 7. The largest absolute Gasteiger partial charge is 0.496 e. The summed E-state index contributed by atoms with van der Waals surface area (Å²) in [6.45, 7) is 23.3. The van der Waals surface area contributed by atoms with Crippen LogP contribution in [0.25, 0.3) is 10.9 Å². The number of nitrogens with zero attached hydrogens (tertiary/aromatic N) is 3. The first kappa shape index (κ1) is 70.9. The predicted octanol–water partition coefficient (Wildman–Crippen LogP) is 8.83. The molecular weight excluding hydrogens is 1260 g/mol. The van der Waals surface area contributed by atoms with E-state index in [-0.39, 0.29) is 42.9 Å². The van der Waals surface area contributed by atoms with E-state index >= 15 is 4.79 Å². The van der Waals surface area contributed by atoms with Crippen molar-refractivity contribution in [2.75, 3.05) is 59.0 Å². The lowest BCUT2D eigenvalue weighted by molar-refractivity contribution is -0.228. The lowest BCUT2D eigenvalue weighted by Crippen LogP contribution is -2.81. The van der Waals surface area contributed by atoms with E-state index in [1.165, 1.54) is 47.0 Å². The maximum absolute atomic E-state index is 15.3. The number of nitrogens with one attached hydrogen (secondary N) is 1.